The Bertz CT molecular complexity index is 273. The second-order valence-electron chi connectivity index (χ2n) is 2.99. The molecule has 1 N–H and O–H groups in total. The van der Waals surface area contributed by atoms with E-state index in [0.29, 0.717) is 18.9 Å². The molecule has 83 valence electrons. The predicted octanol–water partition coefficient (Wildman–Crippen LogP) is 1.44. The van der Waals surface area contributed by atoms with Crippen molar-refractivity contribution in [1.29, 1.82) is 0 Å². The first-order valence-electron chi connectivity index (χ1n) is 4.95. The lowest BCUT2D eigenvalue weighted by molar-refractivity contribution is -0.200. The average Bonchev–Trinajstić information content (AvgIpc) is 2.19. The monoisotopic (exact) mass is 210 g/mol. The molecule has 1 heterocycles. The van der Waals surface area contributed by atoms with Crippen LogP contribution in [0.25, 0.3) is 0 Å². The van der Waals surface area contributed by atoms with E-state index in [1.54, 1.807) is 12.3 Å². The van der Waals surface area contributed by atoms with E-state index < -0.39 is 5.91 Å². The summed E-state index contributed by atoms with van der Waals surface area (Å²) in [5, 5.41) is 10.3. The lowest BCUT2D eigenvalue weighted by Gasteiger charge is -2.30. The van der Waals surface area contributed by atoms with Crippen molar-refractivity contribution in [2.24, 2.45) is 0 Å². The van der Waals surface area contributed by atoms with Crippen molar-refractivity contribution in [3.63, 3.8) is 0 Å². The fourth-order valence-corrected chi connectivity index (χ4v) is 1.24. The molecule has 5 heteroatoms. The van der Waals surface area contributed by atoms with Crippen LogP contribution in [0.5, 0.6) is 0 Å². The number of anilines is 1. The van der Waals surface area contributed by atoms with Crippen LogP contribution in [0.2, 0.25) is 0 Å². The van der Waals surface area contributed by atoms with Gasteiger partial charge in [0.2, 0.25) is 5.91 Å². The normalized spacial score (nSPS) is 11.4. The van der Waals surface area contributed by atoms with Gasteiger partial charge in [-0.05, 0) is 19.9 Å². The summed E-state index contributed by atoms with van der Waals surface area (Å²) in [7, 11) is 0. The van der Waals surface area contributed by atoms with Gasteiger partial charge in [-0.3, -0.25) is 0 Å². The minimum absolute atomic E-state index is 0.558. The topological polar surface area (TPSA) is 56.3 Å². The molecule has 0 aliphatic heterocycles. The van der Waals surface area contributed by atoms with Gasteiger partial charge in [-0.25, -0.2) is 0 Å². The van der Waals surface area contributed by atoms with Gasteiger partial charge in [0.05, 0.1) is 11.9 Å². The Morgan fingerprint density at radius 3 is 2.53 bits per heavy atom. The van der Waals surface area contributed by atoms with Crippen molar-refractivity contribution in [1.82, 2.24) is 10.2 Å². The Morgan fingerprint density at radius 1 is 1.40 bits per heavy atom. The van der Waals surface area contributed by atoms with Crippen LogP contribution in [0.15, 0.2) is 12.3 Å². The van der Waals surface area contributed by atoms with Gasteiger partial charge in [0, 0.05) is 20.1 Å². The van der Waals surface area contributed by atoms with Crippen LogP contribution in [0, 0.1) is 6.20 Å². The maximum atomic E-state index is 5.47. The van der Waals surface area contributed by atoms with Gasteiger partial charge < -0.3 is 14.8 Å². The van der Waals surface area contributed by atoms with E-state index in [1.165, 1.54) is 0 Å². The van der Waals surface area contributed by atoms with E-state index in [1.807, 2.05) is 20.8 Å². The smallest absolute Gasteiger partial charge is 0.246 e. The summed E-state index contributed by atoms with van der Waals surface area (Å²) in [4.78, 5) is 0. The van der Waals surface area contributed by atoms with Crippen LogP contribution < -0.4 is 5.32 Å². The fraction of sp³-hybridized carbons (Fsp3) is 0.600. The maximum Gasteiger partial charge on any atom is 0.246 e. The summed E-state index contributed by atoms with van der Waals surface area (Å²) in [6.07, 6.45) is 4.29. The van der Waals surface area contributed by atoms with E-state index in [2.05, 4.69) is 21.7 Å². The second-order valence-corrected chi connectivity index (χ2v) is 2.99. The molecule has 0 aliphatic carbocycles. The lowest BCUT2D eigenvalue weighted by Crippen LogP contribution is -2.41. The molecule has 0 aromatic carbocycles. The zero-order valence-electron chi connectivity index (χ0n) is 9.28. The highest BCUT2D eigenvalue weighted by Crippen LogP contribution is 2.16. The Morgan fingerprint density at radius 2 is 2.07 bits per heavy atom. The molecule has 0 unspecified atom stereocenters. The Kier molecular flexibility index (Phi) is 4.45. The Hall–Kier alpha value is -1.20. The van der Waals surface area contributed by atoms with Gasteiger partial charge in [-0.2, -0.15) is 5.10 Å². The molecule has 0 saturated carbocycles. The second kappa shape index (κ2) is 5.63. The zero-order valence-corrected chi connectivity index (χ0v) is 9.28. The molecular formula is C10H16N3O2. The van der Waals surface area contributed by atoms with E-state index in [9.17, 15) is 0 Å². The maximum absolute atomic E-state index is 5.47. The first-order chi connectivity index (χ1) is 7.20. The van der Waals surface area contributed by atoms with E-state index in [4.69, 9.17) is 9.47 Å². The Labute approximate surface area is 89.8 Å². The van der Waals surface area contributed by atoms with Crippen molar-refractivity contribution in [3.05, 3.63) is 18.5 Å². The highest BCUT2D eigenvalue weighted by Gasteiger charge is 2.24. The number of aromatic nitrogens is 2. The molecule has 0 aliphatic rings. The van der Waals surface area contributed by atoms with Gasteiger partial charge in [0.1, 0.15) is 6.20 Å². The average molecular weight is 210 g/mol. The third-order valence-electron chi connectivity index (χ3n) is 1.74. The van der Waals surface area contributed by atoms with E-state index in [-0.39, 0.29) is 0 Å². The number of hydrogen-bond acceptors (Lipinski definition) is 5. The molecule has 0 atom stereocenters. The van der Waals surface area contributed by atoms with Crippen LogP contribution >= 0.6 is 0 Å². The molecule has 1 radical (unpaired) electrons. The summed E-state index contributed by atoms with van der Waals surface area (Å²) in [5.41, 5.74) is 0.689. The number of ether oxygens (including phenoxy) is 2. The molecule has 0 spiro atoms. The van der Waals surface area contributed by atoms with Crippen molar-refractivity contribution in [3.8, 4) is 0 Å². The minimum atomic E-state index is -0.844. The van der Waals surface area contributed by atoms with Gasteiger partial charge in [0.15, 0.2) is 0 Å². The van der Waals surface area contributed by atoms with Crippen LogP contribution in [0.1, 0.15) is 20.8 Å². The van der Waals surface area contributed by atoms with Gasteiger partial charge in [0.25, 0.3) is 0 Å². The van der Waals surface area contributed by atoms with Crippen LogP contribution in [0.3, 0.4) is 0 Å². The molecule has 0 amide bonds. The summed E-state index contributed by atoms with van der Waals surface area (Å²) >= 11 is 0. The lowest BCUT2D eigenvalue weighted by atomic mass is 10.4. The summed E-state index contributed by atoms with van der Waals surface area (Å²) in [6, 6.07) is 1.75. The number of nitrogens with zero attached hydrogens (tertiary/aromatic N) is 2. The predicted molar refractivity (Wildman–Crippen MR) is 56.1 cm³/mol. The fourth-order valence-electron chi connectivity index (χ4n) is 1.24. The zero-order chi connectivity index (χ0) is 11.1. The van der Waals surface area contributed by atoms with E-state index in [0.717, 1.165) is 0 Å². The summed E-state index contributed by atoms with van der Waals surface area (Å²) in [5.74, 6) is -0.844. The third kappa shape index (κ3) is 3.81. The highest BCUT2D eigenvalue weighted by atomic mass is 16.7. The summed E-state index contributed by atoms with van der Waals surface area (Å²) in [6.45, 7) is 6.75. The van der Waals surface area contributed by atoms with Gasteiger partial charge in [-0.15, -0.1) is 5.10 Å². The van der Waals surface area contributed by atoms with Crippen molar-refractivity contribution in [2.45, 2.75) is 26.7 Å². The van der Waals surface area contributed by atoms with Crippen molar-refractivity contribution < 1.29 is 9.47 Å². The molecule has 15 heavy (non-hydrogen) atoms. The molecule has 1 aromatic heterocycles. The van der Waals surface area contributed by atoms with Crippen molar-refractivity contribution >= 4 is 5.69 Å². The number of nitrogens with one attached hydrogen (secondary N) is 1. The molecular weight excluding hydrogens is 194 g/mol. The molecule has 1 aromatic rings. The summed E-state index contributed by atoms with van der Waals surface area (Å²) < 4.78 is 10.9. The van der Waals surface area contributed by atoms with Gasteiger partial charge in [-0.1, -0.05) is 0 Å². The molecule has 0 saturated heterocycles. The molecule has 1 rings (SSSR count). The number of rotatable bonds is 6. The first-order valence-corrected chi connectivity index (χ1v) is 4.95. The van der Waals surface area contributed by atoms with Gasteiger partial charge >= 0.3 is 0 Å². The standard InChI is InChI=1S/C10H16N3O2/c1-4-14-10(3,15-5-2)13-9-6-7-11-12-8-9/h6-7H,4-5H2,1-3H3,(H,11,13). The highest BCUT2D eigenvalue weighted by molar-refractivity contribution is 5.38. The first kappa shape index (κ1) is 11.9. The van der Waals surface area contributed by atoms with Crippen LogP contribution in [-0.4, -0.2) is 29.3 Å². The van der Waals surface area contributed by atoms with Crippen LogP contribution in [-0.2, 0) is 9.47 Å². The van der Waals surface area contributed by atoms with E-state index >= 15 is 0 Å². The third-order valence-corrected chi connectivity index (χ3v) is 1.74. The molecule has 5 nitrogen and oxygen atoms in total. The van der Waals surface area contributed by atoms with Crippen molar-refractivity contribution in [2.75, 3.05) is 18.5 Å². The van der Waals surface area contributed by atoms with Crippen LogP contribution in [0.4, 0.5) is 5.69 Å². The SMILES string of the molecule is CCOC(C)(Nc1[c]nncc1)OCC. The number of hydrogen-bond donors (Lipinski definition) is 1. The molecule has 0 fully saturated rings. The Balaban J connectivity index is 2.66. The minimum Gasteiger partial charge on any atom is -0.333 e. The quantitative estimate of drug-likeness (QED) is 0.720. The molecule has 0 bridgehead atoms. The largest absolute Gasteiger partial charge is 0.333 e.